The third-order valence-corrected chi connectivity index (χ3v) is 3.31. The van der Waals surface area contributed by atoms with E-state index in [1.54, 1.807) is 11.3 Å². The average Bonchev–Trinajstić information content (AvgIpc) is 2.77. The van der Waals surface area contributed by atoms with Gasteiger partial charge in [-0.05, 0) is 11.4 Å². The molecule has 4 nitrogen and oxygen atoms in total. The molecule has 0 amide bonds. The Hall–Kier alpha value is -1.20. The molecule has 5 heteroatoms. The van der Waals surface area contributed by atoms with Gasteiger partial charge in [0.1, 0.15) is 4.83 Å². The molecule has 0 aromatic carbocycles. The van der Waals surface area contributed by atoms with E-state index in [1.807, 2.05) is 17.6 Å². The maximum Gasteiger partial charge on any atom is 0.226 e. The summed E-state index contributed by atoms with van der Waals surface area (Å²) in [7, 11) is 0. The first-order valence-corrected chi connectivity index (χ1v) is 5.84. The van der Waals surface area contributed by atoms with Crippen molar-refractivity contribution < 1.29 is 4.74 Å². The third kappa shape index (κ3) is 1.68. The number of nitrogens with zero attached hydrogens (tertiary/aromatic N) is 3. The minimum absolute atomic E-state index is 0.770. The van der Waals surface area contributed by atoms with Gasteiger partial charge in [0.2, 0.25) is 5.95 Å². The van der Waals surface area contributed by atoms with Crippen LogP contribution in [0.15, 0.2) is 17.6 Å². The molecule has 1 aliphatic heterocycles. The molecule has 1 aliphatic rings. The molecule has 3 heterocycles. The second kappa shape index (κ2) is 3.75. The lowest BCUT2D eigenvalue weighted by atomic mass is 10.4. The van der Waals surface area contributed by atoms with Crippen LogP contribution in [0.2, 0.25) is 0 Å². The van der Waals surface area contributed by atoms with E-state index >= 15 is 0 Å². The van der Waals surface area contributed by atoms with Gasteiger partial charge in [-0.2, -0.15) is 0 Å². The van der Waals surface area contributed by atoms with Crippen LogP contribution in [-0.4, -0.2) is 36.3 Å². The van der Waals surface area contributed by atoms with Crippen LogP contribution in [0.1, 0.15) is 0 Å². The maximum atomic E-state index is 5.30. The van der Waals surface area contributed by atoms with E-state index in [9.17, 15) is 0 Å². The number of anilines is 1. The zero-order valence-electron chi connectivity index (χ0n) is 8.22. The molecule has 15 heavy (non-hydrogen) atoms. The van der Waals surface area contributed by atoms with Crippen molar-refractivity contribution in [1.29, 1.82) is 0 Å². The molecule has 0 unspecified atom stereocenters. The standard InChI is InChI=1S/C10H11N3OS/c1-6-15-9-8(1)7-11-10(12-9)13-2-4-14-5-3-13/h1,6-7H,2-5H2. The highest BCUT2D eigenvalue weighted by atomic mass is 32.1. The highest BCUT2D eigenvalue weighted by Crippen LogP contribution is 2.20. The Morgan fingerprint density at radius 3 is 3.07 bits per heavy atom. The van der Waals surface area contributed by atoms with Gasteiger partial charge in [0.05, 0.1) is 13.2 Å². The van der Waals surface area contributed by atoms with Crippen LogP contribution in [-0.2, 0) is 4.74 Å². The first-order chi connectivity index (χ1) is 7.43. The highest BCUT2D eigenvalue weighted by molar-refractivity contribution is 7.16. The predicted octanol–water partition coefficient (Wildman–Crippen LogP) is 1.53. The van der Waals surface area contributed by atoms with E-state index in [-0.39, 0.29) is 0 Å². The highest BCUT2D eigenvalue weighted by Gasteiger charge is 2.13. The second-order valence-corrected chi connectivity index (χ2v) is 4.35. The molecule has 1 fully saturated rings. The van der Waals surface area contributed by atoms with Crippen molar-refractivity contribution in [2.75, 3.05) is 31.2 Å². The summed E-state index contributed by atoms with van der Waals surface area (Å²) in [6.07, 6.45) is 1.89. The Kier molecular flexibility index (Phi) is 2.26. The Bertz CT molecular complexity index is 464. The number of hydrogen-bond acceptors (Lipinski definition) is 5. The fourth-order valence-corrected chi connectivity index (χ4v) is 2.40. The predicted molar refractivity (Wildman–Crippen MR) is 60.4 cm³/mol. The molecule has 0 spiro atoms. The lowest BCUT2D eigenvalue weighted by Gasteiger charge is -2.26. The molecular formula is C10H11N3OS. The zero-order valence-corrected chi connectivity index (χ0v) is 9.04. The molecule has 3 rings (SSSR count). The minimum atomic E-state index is 0.770. The normalized spacial score (nSPS) is 17.2. The fraction of sp³-hybridized carbons (Fsp3) is 0.400. The summed E-state index contributed by atoms with van der Waals surface area (Å²) < 4.78 is 5.30. The molecule has 0 saturated carbocycles. The van der Waals surface area contributed by atoms with Gasteiger partial charge >= 0.3 is 0 Å². The maximum absolute atomic E-state index is 5.30. The Morgan fingerprint density at radius 2 is 2.20 bits per heavy atom. The van der Waals surface area contributed by atoms with E-state index in [1.165, 1.54) is 0 Å². The summed E-state index contributed by atoms with van der Waals surface area (Å²) in [5.74, 6) is 0.827. The number of hydrogen-bond donors (Lipinski definition) is 0. The van der Waals surface area contributed by atoms with Gasteiger partial charge in [-0.25, -0.2) is 9.97 Å². The first kappa shape index (κ1) is 9.06. The van der Waals surface area contributed by atoms with E-state index in [2.05, 4.69) is 14.9 Å². The molecule has 0 aliphatic carbocycles. The van der Waals surface area contributed by atoms with Crippen LogP contribution in [0.3, 0.4) is 0 Å². The molecule has 78 valence electrons. The van der Waals surface area contributed by atoms with Crippen LogP contribution in [0.5, 0.6) is 0 Å². The lowest BCUT2D eigenvalue weighted by molar-refractivity contribution is 0.122. The SMILES string of the molecule is c1cc2cnc(N3CCOCC3)nc2s1. The van der Waals surface area contributed by atoms with Crippen molar-refractivity contribution >= 4 is 27.5 Å². The number of thiophene rings is 1. The van der Waals surface area contributed by atoms with Gasteiger partial charge in [0.25, 0.3) is 0 Å². The van der Waals surface area contributed by atoms with Gasteiger partial charge in [-0.3, -0.25) is 0 Å². The van der Waals surface area contributed by atoms with E-state index in [0.29, 0.717) is 0 Å². The van der Waals surface area contributed by atoms with Crippen LogP contribution < -0.4 is 4.90 Å². The zero-order chi connectivity index (χ0) is 10.1. The number of aromatic nitrogens is 2. The van der Waals surface area contributed by atoms with Crippen LogP contribution in [0.4, 0.5) is 5.95 Å². The molecule has 0 atom stereocenters. The van der Waals surface area contributed by atoms with Crippen molar-refractivity contribution in [3.63, 3.8) is 0 Å². The van der Waals surface area contributed by atoms with Crippen molar-refractivity contribution in [3.8, 4) is 0 Å². The average molecular weight is 221 g/mol. The summed E-state index contributed by atoms with van der Waals surface area (Å²) in [5.41, 5.74) is 0. The number of morpholine rings is 1. The topological polar surface area (TPSA) is 38.2 Å². The molecule has 0 radical (unpaired) electrons. The summed E-state index contributed by atoms with van der Waals surface area (Å²) in [5, 5.41) is 3.17. The van der Waals surface area contributed by atoms with Gasteiger partial charge < -0.3 is 9.64 Å². The fourth-order valence-electron chi connectivity index (χ4n) is 1.66. The van der Waals surface area contributed by atoms with Gasteiger partial charge in [-0.15, -0.1) is 11.3 Å². The van der Waals surface area contributed by atoms with E-state index < -0.39 is 0 Å². The second-order valence-electron chi connectivity index (χ2n) is 3.45. The first-order valence-electron chi connectivity index (χ1n) is 4.96. The third-order valence-electron chi connectivity index (χ3n) is 2.49. The van der Waals surface area contributed by atoms with Crippen molar-refractivity contribution in [2.24, 2.45) is 0 Å². The lowest BCUT2D eigenvalue weighted by Crippen LogP contribution is -2.37. The quantitative estimate of drug-likeness (QED) is 0.732. The van der Waals surface area contributed by atoms with Gasteiger partial charge in [0, 0.05) is 24.7 Å². The molecule has 1 saturated heterocycles. The molecule has 2 aromatic rings. The van der Waals surface area contributed by atoms with Crippen LogP contribution in [0, 0.1) is 0 Å². The summed E-state index contributed by atoms with van der Waals surface area (Å²) in [6.45, 7) is 3.31. The molecule has 0 bridgehead atoms. The van der Waals surface area contributed by atoms with Crippen molar-refractivity contribution in [2.45, 2.75) is 0 Å². The monoisotopic (exact) mass is 221 g/mol. The number of ether oxygens (including phenoxy) is 1. The summed E-state index contributed by atoms with van der Waals surface area (Å²) in [4.78, 5) is 12.1. The van der Waals surface area contributed by atoms with Gasteiger partial charge in [0.15, 0.2) is 0 Å². The van der Waals surface area contributed by atoms with E-state index in [0.717, 1.165) is 42.5 Å². The smallest absolute Gasteiger partial charge is 0.226 e. The Balaban J connectivity index is 1.95. The molecule has 0 N–H and O–H groups in total. The van der Waals surface area contributed by atoms with Gasteiger partial charge in [-0.1, -0.05) is 0 Å². The van der Waals surface area contributed by atoms with Crippen molar-refractivity contribution in [1.82, 2.24) is 9.97 Å². The summed E-state index contributed by atoms with van der Waals surface area (Å²) >= 11 is 1.66. The van der Waals surface area contributed by atoms with E-state index in [4.69, 9.17) is 4.74 Å². The van der Waals surface area contributed by atoms with Crippen LogP contribution in [0.25, 0.3) is 10.2 Å². The molecule has 2 aromatic heterocycles. The minimum Gasteiger partial charge on any atom is -0.378 e. The Morgan fingerprint density at radius 1 is 1.33 bits per heavy atom. The Labute approximate surface area is 91.5 Å². The number of rotatable bonds is 1. The van der Waals surface area contributed by atoms with Crippen molar-refractivity contribution in [3.05, 3.63) is 17.6 Å². The largest absolute Gasteiger partial charge is 0.378 e. The van der Waals surface area contributed by atoms with Crippen LogP contribution >= 0.6 is 11.3 Å². The number of fused-ring (bicyclic) bond motifs is 1. The summed E-state index contributed by atoms with van der Waals surface area (Å²) in [6, 6.07) is 2.04. The molecular weight excluding hydrogens is 210 g/mol.